The van der Waals surface area contributed by atoms with Crippen LogP contribution in [0.2, 0.25) is 0 Å². The van der Waals surface area contributed by atoms with Gasteiger partial charge in [-0.05, 0) is 37.3 Å². The molecule has 0 aliphatic heterocycles. The van der Waals surface area contributed by atoms with Gasteiger partial charge in [-0.1, -0.05) is 24.3 Å². The van der Waals surface area contributed by atoms with E-state index in [1.807, 2.05) is 24.3 Å². The van der Waals surface area contributed by atoms with Crippen LogP contribution in [-0.4, -0.2) is 7.11 Å². The molecular formula is C15H19NOS. The SMILES string of the molecule is COc1ccccc1C(C)(N)CCc1cccs1. The Balaban J connectivity index is 2.14. The molecule has 18 heavy (non-hydrogen) atoms. The number of para-hydroxylation sites is 1. The van der Waals surface area contributed by atoms with Crippen LogP contribution in [0.5, 0.6) is 5.75 Å². The number of aryl methyl sites for hydroxylation is 1. The molecule has 1 unspecified atom stereocenters. The van der Waals surface area contributed by atoms with Gasteiger partial charge in [-0.2, -0.15) is 0 Å². The third kappa shape index (κ3) is 2.92. The Morgan fingerprint density at radius 3 is 2.67 bits per heavy atom. The fraction of sp³-hybridized carbons (Fsp3) is 0.333. The summed E-state index contributed by atoms with van der Waals surface area (Å²) < 4.78 is 5.39. The summed E-state index contributed by atoms with van der Waals surface area (Å²) in [5, 5.41) is 2.10. The molecule has 2 N–H and O–H groups in total. The van der Waals surface area contributed by atoms with Crippen LogP contribution in [0.15, 0.2) is 41.8 Å². The van der Waals surface area contributed by atoms with Gasteiger partial charge in [0.1, 0.15) is 5.75 Å². The zero-order valence-corrected chi connectivity index (χ0v) is 11.7. The minimum Gasteiger partial charge on any atom is -0.496 e. The van der Waals surface area contributed by atoms with Gasteiger partial charge in [-0.15, -0.1) is 11.3 Å². The van der Waals surface area contributed by atoms with Gasteiger partial charge < -0.3 is 10.5 Å². The Labute approximate surface area is 112 Å². The molecule has 0 bridgehead atoms. The fourth-order valence-electron chi connectivity index (χ4n) is 2.09. The largest absolute Gasteiger partial charge is 0.496 e. The molecular weight excluding hydrogens is 242 g/mol. The minimum absolute atomic E-state index is 0.364. The van der Waals surface area contributed by atoms with Gasteiger partial charge in [0.2, 0.25) is 0 Å². The minimum atomic E-state index is -0.364. The monoisotopic (exact) mass is 261 g/mol. The Bertz CT molecular complexity index is 491. The lowest BCUT2D eigenvalue weighted by Crippen LogP contribution is -2.33. The third-order valence-corrected chi connectivity index (χ3v) is 4.13. The van der Waals surface area contributed by atoms with Crippen molar-refractivity contribution in [3.8, 4) is 5.75 Å². The second-order valence-electron chi connectivity index (χ2n) is 4.70. The van der Waals surface area contributed by atoms with E-state index in [-0.39, 0.29) is 5.54 Å². The molecule has 0 radical (unpaired) electrons. The van der Waals surface area contributed by atoms with E-state index >= 15 is 0 Å². The smallest absolute Gasteiger partial charge is 0.123 e. The Hall–Kier alpha value is -1.32. The zero-order valence-electron chi connectivity index (χ0n) is 10.8. The number of benzene rings is 1. The summed E-state index contributed by atoms with van der Waals surface area (Å²) in [5.74, 6) is 0.869. The lowest BCUT2D eigenvalue weighted by Gasteiger charge is -2.26. The number of hydrogen-bond acceptors (Lipinski definition) is 3. The Morgan fingerprint density at radius 2 is 2.00 bits per heavy atom. The number of methoxy groups -OCH3 is 1. The average molecular weight is 261 g/mol. The van der Waals surface area contributed by atoms with Crippen molar-refractivity contribution in [2.45, 2.75) is 25.3 Å². The molecule has 0 spiro atoms. The summed E-state index contributed by atoms with van der Waals surface area (Å²) in [6.07, 6.45) is 1.91. The van der Waals surface area contributed by atoms with Crippen LogP contribution < -0.4 is 10.5 Å². The first-order valence-corrected chi connectivity index (χ1v) is 6.96. The molecule has 0 aliphatic rings. The molecule has 1 atom stereocenters. The summed E-state index contributed by atoms with van der Waals surface area (Å²) >= 11 is 1.78. The van der Waals surface area contributed by atoms with E-state index in [0.29, 0.717) is 0 Å². The second-order valence-corrected chi connectivity index (χ2v) is 5.73. The van der Waals surface area contributed by atoms with Crippen molar-refractivity contribution in [2.24, 2.45) is 5.73 Å². The van der Waals surface area contributed by atoms with Gasteiger partial charge >= 0.3 is 0 Å². The standard InChI is InChI=1S/C15H19NOS/c1-15(16,10-9-12-6-5-11-18-12)13-7-3-4-8-14(13)17-2/h3-8,11H,9-10,16H2,1-2H3. The molecule has 0 fully saturated rings. The second kappa shape index (κ2) is 5.55. The van der Waals surface area contributed by atoms with Crippen LogP contribution in [0.4, 0.5) is 0 Å². The molecule has 96 valence electrons. The summed E-state index contributed by atoms with van der Waals surface area (Å²) in [6, 6.07) is 12.2. The van der Waals surface area contributed by atoms with Crippen molar-refractivity contribution in [2.75, 3.05) is 7.11 Å². The number of nitrogens with two attached hydrogens (primary N) is 1. The van der Waals surface area contributed by atoms with Gasteiger partial charge in [0.25, 0.3) is 0 Å². The van der Waals surface area contributed by atoms with Crippen LogP contribution in [0, 0.1) is 0 Å². The molecule has 1 aromatic heterocycles. The lowest BCUT2D eigenvalue weighted by atomic mass is 9.87. The summed E-state index contributed by atoms with van der Waals surface area (Å²) in [7, 11) is 1.69. The maximum Gasteiger partial charge on any atom is 0.123 e. The van der Waals surface area contributed by atoms with E-state index in [0.717, 1.165) is 24.2 Å². The highest BCUT2D eigenvalue weighted by Crippen LogP contribution is 2.31. The number of hydrogen-bond donors (Lipinski definition) is 1. The Morgan fingerprint density at radius 1 is 1.22 bits per heavy atom. The number of thiophene rings is 1. The average Bonchev–Trinajstić information content (AvgIpc) is 2.89. The van der Waals surface area contributed by atoms with Crippen molar-refractivity contribution >= 4 is 11.3 Å². The molecule has 2 rings (SSSR count). The summed E-state index contributed by atoms with van der Waals surface area (Å²) in [5.41, 5.74) is 7.16. The van der Waals surface area contributed by atoms with E-state index < -0.39 is 0 Å². The van der Waals surface area contributed by atoms with Crippen LogP contribution in [0.1, 0.15) is 23.8 Å². The van der Waals surface area contributed by atoms with Gasteiger partial charge in [0, 0.05) is 16.0 Å². The van der Waals surface area contributed by atoms with Gasteiger partial charge in [0.15, 0.2) is 0 Å². The van der Waals surface area contributed by atoms with Gasteiger partial charge in [-0.25, -0.2) is 0 Å². The van der Waals surface area contributed by atoms with Crippen LogP contribution >= 0.6 is 11.3 Å². The summed E-state index contributed by atoms with van der Waals surface area (Å²) in [6.45, 7) is 2.07. The highest BCUT2D eigenvalue weighted by Gasteiger charge is 2.24. The van der Waals surface area contributed by atoms with Gasteiger partial charge in [-0.3, -0.25) is 0 Å². The van der Waals surface area contributed by atoms with E-state index in [4.69, 9.17) is 10.5 Å². The third-order valence-electron chi connectivity index (χ3n) is 3.19. The first-order valence-electron chi connectivity index (χ1n) is 6.08. The van der Waals surface area contributed by atoms with E-state index in [1.54, 1.807) is 18.4 Å². The predicted octanol–water partition coefficient (Wildman–Crippen LogP) is 3.56. The topological polar surface area (TPSA) is 35.2 Å². The molecule has 3 heteroatoms. The quantitative estimate of drug-likeness (QED) is 0.893. The number of ether oxygens (including phenoxy) is 1. The number of rotatable bonds is 5. The maximum absolute atomic E-state index is 6.46. The summed E-state index contributed by atoms with van der Waals surface area (Å²) in [4.78, 5) is 1.38. The molecule has 0 aliphatic carbocycles. The van der Waals surface area contributed by atoms with Crippen molar-refractivity contribution < 1.29 is 4.74 Å². The van der Waals surface area contributed by atoms with E-state index in [9.17, 15) is 0 Å². The zero-order chi connectivity index (χ0) is 13.0. The molecule has 1 heterocycles. The highest BCUT2D eigenvalue weighted by atomic mass is 32.1. The Kier molecular flexibility index (Phi) is 4.04. The van der Waals surface area contributed by atoms with E-state index in [2.05, 4.69) is 24.4 Å². The van der Waals surface area contributed by atoms with Crippen LogP contribution in [0.25, 0.3) is 0 Å². The molecule has 0 saturated carbocycles. The maximum atomic E-state index is 6.46. The first-order chi connectivity index (χ1) is 8.63. The normalized spacial score (nSPS) is 14.2. The fourth-order valence-corrected chi connectivity index (χ4v) is 2.80. The molecule has 2 aromatic rings. The lowest BCUT2D eigenvalue weighted by molar-refractivity contribution is 0.378. The molecule has 0 saturated heterocycles. The van der Waals surface area contributed by atoms with Crippen molar-refractivity contribution in [1.29, 1.82) is 0 Å². The highest BCUT2D eigenvalue weighted by molar-refractivity contribution is 7.09. The molecule has 0 amide bonds. The van der Waals surface area contributed by atoms with Crippen molar-refractivity contribution in [3.05, 3.63) is 52.2 Å². The van der Waals surface area contributed by atoms with Gasteiger partial charge in [0.05, 0.1) is 7.11 Å². The van der Waals surface area contributed by atoms with Crippen molar-refractivity contribution in [3.63, 3.8) is 0 Å². The van der Waals surface area contributed by atoms with E-state index in [1.165, 1.54) is 4.88 Å². The van der Waals surface area contributed by atoms with Crippen molar-refractivity contribution in [1.82, 2.24) is 0 Å². The predicted molar refractivity (Wildman–Crippen MR) is 77.2 cm³/mol. The van der Waals surface area contributed by atoms with Crippen LogP contribution in [-0.2, 0) is 12.0 Å². The van der Waals surface area contributed by atoms with Crippen LogP contribution in [0.3, 0.4) is 0 Å². The first kappa shape index (κ1) is 13.1. The molecule has 2 nitrogen and oxygen atoms in total. The molecule has 1 aromatic carbocycles.